The number of nitrogens with zero attached hydrogens (tertiary/aromatic N) is 2. The van der Waals surface area contributed by atoms with E-state index in [4.69, 9.17) is 4.74 Å². The molecule has 0 N–H and O–H groups in total. The van der Waals surface area contributed by atoms with Gasteiger partial charge in [0.25, 0.3) is 6.71 Å². The van der Waals surface area contributed by atoms with Crippen molar-refractivity contribution in [2.24, 2.45) is 0 Å². The molecule has 0 aliphatic carbocycles. The third-order valence-electron chi connectivity index (χ3n) is 10.3. The molecule has 0 bridgehead atoms. The second-order valence-electron chi connectivity index (χ2n) is 13.4. The zero-order chi connectivity index (χ0) is 33.9. The minimum Gasteiger partial charge on any atom is -0.458 e. The third-order valence-corrected chi connectivity index (χ3v) is 10.3. The van der Waals surface area contributed by atoms with Crippen LogP contribution in [0.15, 0.2) is 182 Å². The van der Waals surface area contributed by atoms with Crippen LogP contribution in [0.2, 0.25) is 0 Å². The number of hydrogen-bond donors (Lipinski definition) is 0. The highest BCUT2D eigenvalue weighted by molar-refractivity contribution is 7.00. The van der Waals surface area contributed by atoms with Crippen LogP contribution in [-0.2, 0) is 0 Å². The Morgan fingerprint density at radius 1 is 0.490 bits per heavy atom. The van der Waals surface area contributed by atoms with Crippen molar-refractivity contribution in [2.75, 3.05) is 9.80 Å². The van der Waals surface area contributed by atoms with Gasteiger partial charge < -0.3 is 14.5 Å². The Bertz CT molecular complexity index is 2550. The zero-order valence-electron chi connectivity index (χ0n) is 28.2. The Morgan fingerprint density at radius 3 is 1.86 bits per heavy atom. The van der Waals surface area contributed by atoms with E-state index in [2.05, 4.69) is 199 Å². The summed E-state index contributed by atoms with van der Waals surface area (Å²) >= 11 is 0. The molecule has 2 aliphatic heterocycles. The van der Waals surface area contributed by atoms with Crippen LogP contribution in [0.5, 0.6) is 11.5 Å². The number of rotatable bonds is 5. The normalized spacial score (nSPS) is 12.5. The van der Waals surface area contributed by atoms with E-state index in [0.717, 1.165) is 39.9 Å². The molecule has 8 aromatic carbocycles. The first kappa shape index (κ1) is 29.4. The fourth-order valence-electron chi connectivity index (χ4n) is 8.21. The average molecular weight is 653 g/mol. The molecule has 3 nitrogen and oxygen atoms in total. The molecule has 0 radical (unpaired) electrons. The monoisotopic (exact) mass is 652 g/mol. The maximum absolute atomic E-state index is 7.09. The van der Waals surface area contributed by atoms with Crippen LogP contribution >= 0.6 is 0 Å². The van der Waals surface area contributed by atoms with E-state index in [1.807, 2.05) is 0 Å². The molecule has 4 heteroatoms. The van der Waals surface area contributed by atoms with E-state index < -0.39 is 0 Å². The van der Waals surface area contributed by atoms with Crippen LogP contribution in [0.4, 0.5) is 34.1 Å². The summed E-state index contributed by atoms with van der Waals surface area (Å²) in [4.78, 5) is 4.79. The van der Waals surface area contributed by atoms with E-state index in [0.29, 0.717) is 0 Å². The first-order valence-electron chi connectivity index (χ1n) is 17.6. The van der Waals surface area contributed by atoms with Crippen LogP contribution in [-0.4, -0.2) is 6.71 Å². The number of para-hydroxylation sites is 3. The van der Waals surface area contributed by atoms with E-state index in [-0.39, 0.29) is 6.71 Å². The maximum atomic E-state index is 7.09. The number of fused-ring (bicyclic) bond motifs is 6. The Labute approximate surface area is 298 Å². The summed E-state index contributed by atoms with van der Waals surface area (Å²) in [5.41, 5.74) is 14.1. The molecule has 0 saturated carbocycles. The second kappa shape index (κ2) is 11.8. The van der Waals surface area contributed by atoms with Crippen molar-refractivity contribution >= 4 is 68.0 Å². The van der Waals surface area contributed by atoms with Gasteiger partial charge >= 0.3 is 0 Å². The summed E-state index contributed by atoms with van der Waals surface area (Å²) in [5, 5.41) is 2.37. The molecule has 8 aromatic rings. The van der Waals surface area contributed by atoms with Crippen LogP contribution in [0.3, 0.4) is 0 Å². The summed E-state index contributed by atoms with van der Waals surface area (Å²) in [6, 6.07) is 65.2. The van der Waals surface area contributed by atoms with E-state index in [1.165, 1.54) is 49.5 Å². The molecular weight excluding hydrogens is 619 g/mol. The molecule has 2 heterocycles. The van der Waals surface area contributed by atoms with Crippen molar-refractivity contribution < 1.29 is 4.74 Å². The smallest absolute Gasteiger partial charge is 0.257 e. The average Bonchev–Trinajstić information content (AvgIpc) is 3.19. The van der Waals surface area contributed by atoms with E-state index in [1.54, 1.807) is 0 Å². The Kier molecular flexibility index (Phi) is 6.82. The molecule has 0 spiro atoms. The van der Waals surface area contributed by atoms with Crippen molar-refractivity contribution in [3.05, 3.63) is 188 Å². The molecule has 0 fully saturated rings. The molecule has 0 saturated heterocycles. The summed E-state index contributed by atoms with van der Waals surface area (Å²) in [6.07, 6.45) is 0. The van der Waals surface area contributed by atoms with Gasteiger partial charge in [0.1, 0.15) is 11.5 Å². The van der Waals surface area contributed by atoms with Crippen LogP contribution in [0, 0.1) is 6.92 Å². The quantitative estimate of drug-likeness (QED) is 0.172. The van der Waals surface area contributed by atoms with E-state index in [9.17, 15) is 0 Å². The number of aryl methyl sites for hydroxylation is 1. The molecule has 0 aromatic heterocycles. The lowest BCUT2D eigenvalue weighted by molar-refractivity contribution is 0.488. The summed E-state index contributed by atoms with van der Waals surface area (Å²) in [6.45, 7) is 2.18. The van der Waals surface area contributed by atoms with Gasteiger partial charge in [0.05, 0.1) is 11.4 Å². The predicted molar refractivity (Wildman–Crippen MR) is 215 cm³/mol. The van der Waals surface area contributed by atoms with Crippen molar-refractivity contribution in [1.82, 2.24) is 0 Å². The number of hydrogen-bond acceptors (Lipinski definition) is 3. The summed E-state index contributed by atoms with van der Waals surface area (Å²) in [5.74, 6) is 1.78. The molecule has 0 amide bonds. The fourth-order valence-corrected chi connectivity index (χ4v) is 8.21. The lowest BCUT2D eigenvalue weighted by Gasteiger charge is -2.41. The van der Waals surface area contributed by atoms with Gasteiger partial charge in [0.15, 0.2) is 0 Å². The Hall–Kier alpha value is -6.52. The van der Waals surface area contributed by atoms with E-state index >= 15 is 0 Å². The number of benzene rings is 8. The van der Waals surface area contributed by atoms with Crippen molar-refractivity contribution in [3.63, 3.8) is 0 Å². The molecule has 0 unspecified atom stereocenters. The molecule has 10 rings (SSSR count). The largest absolute Gasteiger partial charge is 0.458 e. The molecule has 2 aliphatic rings. The van der Waals surface area contributed by atoms with Gasteiger partial charge in [-0.3, -0.25) is 0 Å². The molecular formula is C47H33BN2O. The van der Waals surface area contributed by atoms with Crippen LogP contribution in [0.1, 0.15) is 5.56 Å². The molecule has 0 atom stereocenters. The Morgan fingerprint density at radius 2 is 1.12 bits per heavy atom. The summed E-state index contributed by atoms with van der Waals surface area (Å²) < 4.78 is 7.09. The van der Waals surface area contributed by atoms with Crippen LogP contribution in [0.25, 0.3) is 21.9 Å². The molecule has 51 heavy (non-hydrogen) atoms. The SMILES string of the molecule is Cc1ccc2c(c1)B1c3c(cccc3N2c2ccccc2-c2ccccc2)Oc2cc(N(c3ccccc3)c3ccccc3)c3ccccc3c21. The van der Waals surface area contributed by atoms with Gasteiger partial charge in [-0.25, -0.2) is 0 Å². The van der Waals surface area contributed by atoms with Gasteiger partial charge in [0.2, 0.25) is 0 Å². The highest BCUT2D eigenvalue weighted by Crippen LogP contribution is 2.47. The zero-order valence-corrected chi connectivity index (χ0v) is 28.2. The van der Waals surface area contributed by atoms with Crippen molar-refractivity contribution in [2.45, 2.75) is 6.92 Å². The predicted octanol–water partition coefficient (Wildman–Crippen LogP) is 10.7. The minimum absolute atomic E-state index is 0.0177. The van der Waals surface area contributed by atoms with Crippen molar-refractivity contribution in [1.29, 1.82) is 0 Å². The fraction of sp³-hybridized carbons (Fsp3) is 0.0213. The highest BCUT2D eigenvalue weighted by atomic mass is 16.5. The first-order chi connectivity index (χ1) is 25.2. The standard InChI is InChI=1S/C47H33BN2O/c1-32-28-29-41-39(30-32)48-46-38-24-12-11-23-37(38)43(49(34-18-7-3-8-19-34)35-20-9-4-10-21-35)31-45(46)51-44-27-15-26-42(47(44)48)50(41)40-25-14-13-22-36(40)33-16-5-2-6-17-33/h2-31H,1H3. The molecule has 240 valence electrons. The lowest BCUT2D eigenvalue weighted by Crippen LogP contribution is -2.59. The van der Waals surface area contributed by atoms with Gasteiger partial charge in [-0.1, -0.05) is 133 Å². The second-order valence-corrected chi connectivity index (χ2v) is 13.4. The minimum atomic E-state index is -0.0177. The lowest BCUT2D eigenvalue weighted by atomic mass is 9.33. The van der Waals surface area contributed by atoms with Gasteiger partial charge in [-0.05, 0) is 82.8 Å². The third kappa shape index (κ3) is 4.68. The van der Waals surface area contributed by atoms with Gasteiger partial charge in [-0.2, -0.15) is 0 Å². The van der Waals surface area contributed by atoms with Gasteiger partial charge in [-0.15, -0.1) is 0 Å². The topological polar surface area (TPSA) is 15.7 Å². The Balaban J connectivity index is 1.24. The maximum Gasteiger partial charge on any atom is 0.257 e. The summed E-state index contributed by atoms with van der Waals surface area (Å²) in [7, 11) is 0. The highest BCUT2D eigenvalue weighted by Gasteiger charge is 2.43. The van der Waals surface area contributed by atoms with Crippen LogP contribution < -0.4 is 30.9 Å². The van der Waals surface area contributed by atoms with Gasteiger partial charge in [0, 0.05) is 39.8 Å². The number of ether oxygens (including phenoxy) is 1. The number of anilines is 6. The van der Waals surface area contributed by atoms with Crippen molar-refractivity contribution in [3.8, 4) is 22.6 Å². The first-order valence-corrected chi connectivity index (χ1v) is 17.6.